The van der Waals surface area contributed by atoms with Gasteiger partial charge in [0.15, 0.2) is 0 Å². The number of anilines is 1. The minimum atomic E-state index is -0.998. The summed E-state index contributed by atoms with van der Waals surface area (Å²) in [7, 11) is 5.23. The van der Waals surface area contributed by atoms with Crippen LogP contribution in [-0.4, -0.2) is 67.7 Å². The standard InChI is InChI=1S/C21H27N3O4S/c1-23(2)13-16-14-24(11-10-21(16,27)15-7-5-4-6-8-15)20(26)22-17-9-12-29-18(17)19(25)28-3/h4-9,12,16,27H,10-11,13-14H2,1-3H3,(H,22,26). The highest BCUT2D eigenvalue weighted by Gasteiger charge is 2.44. The van der Waals surface area contributed by atoms with E-state index in [4.69, 9.17) is 4.74 Å². The number of ether oxygens (including phenoxy) is 1. The summed E-state index contributed by atoms with van der Waals surface area (Å²) >= 11 is 1.22. The van der Waals surface area contributed by atoms with Gasteiger partial charge in [-0.3, -0.25) is 0 Å². The lowest BCUT2D eigenvalue weighted by Gasteiger charge is -2.45. The zero-order valence-electron chi connectivity index (χ0n) is 16.9. The molecule has 156 valence electrons. The highest BCUT2D eigenvalue weighted by molar-refractivity contribution is 7.12. The van der Waals surface area contributed by atoms with Crippen LogP contribution < -0.4 is 5.32 Å². The van der Waals surface area contributed by atoms with E-state index in [1.165, 1.54) is 18.4 Å². The number of nitrogens with one attached hydrogen (secondary N) is 1. The number of carbonyl (C=O) groups is 2. The fourth-order valence-electron chi connectivity index (χ4n) is 3.81. The first-order valence-electron chi connectivity index (χ1n) is 9.49. The Balaban J connectivity index is 1.77. The van der Waals surface area contributed by atoms with Crippen LogP contribution in [0.4, 0.5) is 10.5 Å². The Morgan fingerprint density at radius 1 is 1.31 bits per heavy atom. The van der Waals surface area contributed by atoms with Crippen molar-refractivity contribution in [1.82, 2.24) is 9.80 Å². The normalized spacial score (nSPS) is 21.8. The Bertz CT molecular complexity index is 855. The first kappa shape index (κ1) is 21.3. The molecule has 2 atom stereocenters. The van der Waals surface area contributed by atoms with Crippen molar-refractivity contribution in [2.24, 2.45) is 5.92 Å². The highest BCUT2D eigenvalue weighted by Crippen LogP contribution is 2.38. The van der Waals surface area contributed by atoms with Crippen molar-refractivity contribution in [3.8, 4) is 0 Å². The number of likely N-dealkylation sites (tertiary alicyclic amines) is 1. The van der Waals surface area contributed by atoms with Gasteiger partial charge in [-0.25, -0.2) is 9.59 Å². The third kappa shape index (κ3) is 4.60. The summed E-state index contributed by atoms with van der Waals surface area (Å²) in [6.07, 6.45) is 0.441. The molecule has 1 aliphatic rings. The fraction of sp³-hybridized carbons (Fsp3) is 0.429. The smallest absolute Gasteiger partial charge is 0.350 e. The summed E-state index contributed by atoms with van der Waals surface area (Å²) in [4.78, 5) is 28.8. The van der Waals surface area contributed by atoms with E-state index in [1.807, 2.05) is 49.3 Å². The number of hydrogen-bond donors (Lipinski definition) is 2. The molecule has 2 amide bonds. The molecule has 2 unspecified atom stereocenters. The average Bonchev–Trinajstić information content (AvgIpc) is 3.17. The number of amides is 2. The summed E-state index contributed by atoms with van der Waals surface area (Å²) in [6.45, 7) is 1.47. The molecule has 1 saturated heterocycles. The number of urea groups is 1. The topological polar surface area (TPSA) is 82.1 Å². The number of piperidine rings is 1. The third-order valence-electron chi connectivity index (χ3n) is 5.30. The molecular weight excluding hydrogens is 390 g/mol. The molecule has 1 aromatic heterocycles. The Labute approximate surface area is 174 Å². The molecule has 0 bridgehead atoms. The van der Waals surface area contributed by atoms with Gasteiger partial charge in [0.25, 0.3) is 0 Å². The molecule has 2 N–H and O–H groups in total. The van der Waals surface area contributed by atoms with Crippen molar-refractivity contribution in [1.29, 1.82) is 0 Å². The number of methoxy groups -OCH3 is 1. The van der Waals surface area contributed by atoms with Crippen molar-refractivity contribution >= 4 is 29.0 Å². The van der Waals surface area contributed by atoms with Gasteiger partial charge in [0.2, 0.25) is 0 Å². The van der Waals surface area contributed by atoms with Gasteiger partial charge in [0.05, 0.1) is 18.4 Å². The molecule has 1 aromatic carbocycles. The zero-order chi connectivity index (χ0) is 21.0. The second-order valence-corrected chi connectivity index (χ2v) is 8.45. The average molecular weight is 418 g/mol. The lowest BCUT2D eigenvalue weighted by atomic mass is 9.75. The SMILES string of the molecule is COC(=O)c1sccc1NC(=O)N1CCC(O)(c2ccccc2)C(CN(C)C)C1. The van der Waals surface area contributed by atoms with Crippen LogP contribution in [0, 0.1) is 5.92 Å². The van der Waals surface area contributed by atoms with Crippen LogP contribution in [-0.2, 0) is 10.3 Å². The maximum Gasteiger partial charge on any atom is 0.350 e. The molecule has 8 heteroatoms. The van der Waals surface area contributed by atoms with Crippen LogP contribution in [0.5, 0.6) is 0 Å². The van der Waals surface area contributed by atoms with E-state index in [1.54, 1.807) is 16.3 Å². The van der Waals surface area contributed by atoms with Crippen molar-refractivity contribution in [3.05, 3.63) is 52.2 Å². The first-order valence-corrected chi connectivity index (χ1v) is 10.4. The second kappa shape index (κ2) is 8.94. The molecule has 0 saturated carbocycles. The lowest BCUT2D eigenvalue weighted by Crippen LogP contribution is -2.55. The molecule has 0 spiro atoms. The number of nitrogens with zero attached hydrogens (tertiary/aromatic N) is 2. The number of esters is 1. The fourth-order valence-corrected chi connectivity index (χ4v) is 4.58. The van der Waals surface area contributed by atoms with Gasteiger partial charge in [-0.1, -0.05) is 30.3 Å². The minimum Gasteiger partial charge on any atom is -0.465 e. The molecule has 1 aliphatic heterocycles. The van der Waals surface area contributed by atoms with Crippen molar-refractivity contribution in [2.45, 2.75) is 12.0 Å². The molecule has 7 nitrogen and oxygen atoms in total. The van der Waals surface area contributed by atoms with Crippen molar-refractivity contribution in [3.63, 3.8) is 0 Å². The van der Waals surface area contributed by atoms with Crippen LogP contribution in [0.15, 0.2) is 41.8 Å². The summed E-state index contributed by atoms with van der Waals surface area (Å²) in [5.41, 5.74) is 0.319. The number of benzene rings is 1. The van der Waals surface area contributed by atoms with Gasteiger partial charge >= 0.3 is 12.0 Å². The Morgan fingerprint density at radius 3 is 2.69 bits per heavy atom. The number of carbonyl (C=O) groups excluding carboxylic acids is 2. The van der Waals surface area contributed by atoms with Crippen LogP contribution in [0.3, 0.4) is 0 Å². The molecule has 0 aliphatic carbocycles. The third-order valence-corrected chi connectivity index (χ3v) is 6.20. The van der Waals surface area contributed by atoms with Gasteiger partial charge in [-0.05, 0) is 37.5 Å². The Morgan fingerprint density at radius 2 is 2.03 bits per heavy atom. The Hall–Kier alpha value is -2.42. The number of thiophene rings is 1. The number of hydrogen-bond acceptors (Lipinski definition) is 6. The molecule has 2 aromatic rings. The van der Waals surface area contributed by atoms with E-state index in [9.17, 15) is 14.7 Å². The lowest BCUT2D eigenvalue weighted by molar-refractivity contribution is -0.0749. The van der Waals surface area contributed by atoms with E-state index in [2.05, 4.69) is 5.32 Å². The predicted molar refractivity (Wildman–Crippen MR) is 113 cm³/mol. The van der Waals surface area contributed by atoms with Gasteiger partial charge in [0, 0.05) is 25.6 Å². The first-order chi connectivity index (χ1) is 13.8. The molecule has 3 rings (SSSR count). The van der Waals surface area contributed by atoms with Crippen LogP contribution in [0.25, 0.3) is 0 Å². The molecule has 0 radical (unpaired) electrons. The molecule has 1 fully saturated rings. The monoisotopic (exact) mass is 417 g/mol. The van der Waals surface area contributed by atoms with Crippen LogP contribution in [0.1, 0.15) is 21.7 Å². The van der Waals surface area contributed by atoms with Gasteiger partial charge in [-0.15, -0.1) is 11.3 Å². The summed E-state index contributed by atoms with van der Waals surface area (Å²) < 4.78 is 4.77. The van der Waals surface area contributed by atoms with Crippen molar-refractivity contribution < 1.29 is 19.4 Å². The van der Waals surface area contributed by atoms with E-state index in [-0.39, 0.29) is 11.9 Å². The van der Waals surface area contributed by atoms with E-state index >= 15 is 0 Å². The van der Waals surface area contributed by atoms with Crippen LogP contribution in [0.2, 0.25) is 0 Å². The second-order valence-electron chi connectivity index (χ2n) is 7.53. The number of rotatable bonds is 5. The summed E-state index contributed by atoms with van der Waals surface area (Å²) in [6, 6.07) is 11.0. The summed E-state index contributed by atoms with van der Waals surface area (Å²) in [5, 5.41) is 16.1. The molecule has 29 heavy (non-hydrogen) atoms. The molecular formula is C21H27N3O4S. The quantitative estimate of drug-likeness (QED) is 0.731. The minimum absolute atomic E-state index is 0.151. The zero-order valence-corrected chi connectivity index (χ0v) is 17.7. The van der Waals surface area contributed by atoms with Gasteiger partial charge in [0.1, 0.15) is 4.88 Å². The maximum absolute atomic E-state index is 12.9. The molecule has 2 heterocycles. The van der Waals surface area contributed by atoms with E-state index in [0.717, 1.165) is 5.56 Å². The van der Waals surface area contributed by atoms with Crippen molar-refractivity contribution in [2.75, 3.05) is 46.2 Å². The van der Waals surface area contributed by atoms with Gasteiger partial charge < -0.3 is 25.0 Å². The van der Waals surface area contributed by atoms with Gasteiger partial charge in [-0.2, -0.15) is 0 Å². The highest BCUT2D eigenvalue weighted by atomic mass is 32.1. The van der Waals surface area contributed by atoms with E-state index < -0.39 is 11.6 Å². The number of aliphatic hydroxyl groups is 1. The van der Waals surface area contributed by atoms with E-state index in [0.29, 0.717) is 36.6 Å². The maximum atomic E-state index is 12.9. The van der Waals surface area contributed by atoms with Crippen LogP contribution >= 0.6 is 11.3 Å². The predicted octanol–water partition coefficient (Wildman–Crippen LogP) is 2.84. The Kier molecular flexibility index (Phi) is 6.56. The summed E-state index contributed by atoms with van der Waals surface area (Å²) in [5.74, 6) is -0.625. The largest absolute Gasteiger partial charge is 0.465 e.